The molecule has 0 unspecified atom stereocenters. The summed E-state index contributed by atoms with van der Waals surface area (Å²) in [6.07, 6.45) is 7.40. The quantitative estimate of drug-likeness (QED) is 0.846. The Labute approximate surface area is 116 Å². The standard InChI is InChI=1S/C16H25N3/c1-16(2,3)14-6-9-19(10-7-14)15-12-18-8-5-13(15)11-17-4/h5-6,8,12,17H,7,9-11H2,1-4H3. The molecular formula is C16H25N3. The van der Waals surface area contributed by atoms with Gasteiger partial charge in [-0.05, 0) is 30.5 Å². The topological polar surface area (TPSA) is 28.2 Å². The Balaban J connectivity index is 2.16. The van der Waals surface area contributed by atoms with Gasteiger partial charge in [-0.2, -0.15) is 0 Å². The molecular weight excluding hydrogens is 234 g/mol. The van der Waals surface area contributed by atoms with E-state index in [4.69, 9.17) is 0 Å². The maximum absolute atomic E-state index is 4.28. The molecule has 1 aromatic rings. The number of hydrogen-bond donors (Lipinski definition) is 1. The van der Waals surface area contributed by atoms with Gasteiger partial charge in [0.1, 0.15) is 0 Å². The van der Waals surface area contributed by atoms with Crippen molar-refractivity contribution in [2.75, 3.05) is 25.0 Å². The van der Waals surface area contributed by atoms with Crippen LogP contribution >= 0.6 is 0 Å². The summed E-state index contributed by atoms with van der Waals surface area (Å²) in [5.41, 5.74) is 4.46. The highest BCUT2D eigenvalue weighted by atomic mass is 15.1. The normalized spacial score (nSPS) is 16.4. The molecule has 0 spiro atoms. The predicted molar refractivity (Wildman–Crippen MR) is 81.4 cm³/mol. The van der Waals surface area contributed by atoms with Gasteiger partial charge in [0.15, 0.2) is 0 Å². The first-order valence-electron chi connectivity index (χ1n) is 7.04. The van der Waals surface area contributed by atoms with Gasteiger partial charge in [-0.3, -0.25) is 4.98 Å². The van der Waals surface area contributed by atoms with Crippen molar-refractivity contribution in [2.24, 2.45) is 5.41 Å². The van der Waals surface area contributed by atoms with E-state index in [1.165, 1.54) is 11.3 Å². The van der Waals surface area contributed by atoms with Crippen molar-refractivity contribution in [2.45, 2.75) is 33.7 Å². The maximum Gasteiger partial charge on any atom is 0.0601 e. The van der Waals surface area contributed by atoms with Gasteiger partial charge in [-0.1, -0.05) is 32.4 Å². The Morgan fingerprint density at radius 2 is 2.16 bits per heavy atom. The number of aromatic nitrogens is 1. The molecule has 1 aromatic heterocycles. The van der Waals surface area contributed by atoms with E-state index in [9.17, 15) is 0 Å². The molecule has 3 heteroatoms. The lowest BCUT2D eigenvalue weighted by Crippen LogP contribution is -2.32. The molecule has 1 aliphatic rings. The fourth-order valence-electron chi connectivity index (χ4n) is 2.61. The molecule has 2 heterocycles. The SMILES string of the molecule is CNCc1ccncc1N1CC=C(C(C)(C)C)CC1. The molecule has 3 nitrogen and oxygen atoms in total. The van der Waals surface area contributed by atoms with E-state index in [0.29, 0.717) is 5.41 Å². The molecule has 0 saturated carbocycles. The number of nitrogens with one attached hydrogen (secondary N) is 1. The minimum absolute atomic E-state index is 0.300. The van der Waals surface area contributed by atoms with Crippen LogP contribution in [0.25, 0.3) is 0 Å². The largest absolute Gasteiger partial charge is 0.366 e. The second-order valence-electron chi connectivity index (χ2n) is 6.21. The van der Waals surface area contributed by atoms with E-state index in [0.717, 1.165) is 26.1 Å². The van der Waals surface area contributed by atoms with Crippen LogP contribution in [-0.2, 0) is 6.54 Å². The van der Waals surface area contributed by atoms with Crippen LogP contribution in [-0.4, -0.2) is 25.1 Å². The summed E-state index contributed by atoms with van der Waals surface area (Å²) in [6, 6.07) is 2.11. The zero-order chi connectivity index (χ0) is 13.9. The first kappa shape index (κ1) is 14.1. The third-order valence-corrected chi connectivity index (χ3v) is 3.77. The van der Waals surface area contributed by atoms with Crippen LogP contribution in [0, 0.1) is 5.41 Å². The van der Waals surface area contributed by atoms with Crippen LogP contribution in [0.3, 0.4) is 0 Å². The number of rotatable bonds is 3. The summed E-state index contributed by atoms with van der Waals surface area (Å²) < 4.78 is 0. The van der Waals surface area contributed by atoms with Crippen LogP contribution < -0.4 is 10.2 Å². The van der Waals surface area contributed by atoms with Gasteiger partial charge in [-0.15, -0.1) is 0 Å². The van der Waals surface area contributed by atoms with Crippen molar-refractivity contribution in [3.05, 3.63) is 35.7 Å². The van der Waals surface area contributed by atoms with E-state index < -0.39 is 0 Å². The Bertz CT molecular complexity index is 457. The lowest BCUT2D eigenvalue weighted by atomic mass is 9.83. The summed E-state index contributed by atoms with van der Waals surface area (Å²) in [7, 11) is 1.98. The van der Waals surface area contributed by atoms with Gasteiger partial charge in [-0.25, -0.2) is 0 Å². The fourth-order valence-corrected chi connectivity index (χ4v) is 2.61. The Kier molecular flexibility index (Phi) is 4.25. The Morgan fingerprint density at radius 1 is 1.37 bits per heavy atom. The first-order chi connectivity index (χ1) is 9.02. The number of pyridine rings is 1. The first-order valence-corrected chi connectivity index (χ1v) is 7.04. The van der Waals surface area contributed by atoms with Crippen LogP contribution in [0.4, 0.5) is 5.69 Å². The summed E-state index contributed by atoms with van der Waals surface area (Å²) in [5.74, 6) is 0. The molecule has 0 aliphatic carbocycles. The number of nitrogens with zero attached hydrogens (tertiary/aromatic N) is 2. The molecule has 0 radical (unpaired) electrons. The number of hydrogen-bond acceptors (Lipinski definition) is 3. The van der Waals surface area contributed by atoms with Gasteiger partial charge in [0.05, 0.1) is 11.9 Å². The van der Waals surface area contributed by atoms with Crippen molar-refractivity contribution in [1.82, 2.24) is 10.3 Å². The Morgan fingerprint density at radius 3 is 2.74 bits per heavy atom. The van der Waals surface area contributed by atoms with Crippen molar-refractivity contribution >= 4 is 5.69 Å². The third-order valence-electron chi connectivity index (χ3n) is 3.77. The fraction of sp³-hybridized carbons (Fsp3) is 0.562. The molecule has 1 N–H and O–H groups in total. The minimum atomic E-state index is 0.300. The molecule has 2 rings (SSSR count). The van der Waals surface area contributed by atoms with Crippen LogP contribution in [0.5, 0.6) is 0 Å². The van der Waals surface area contributed by atoms with Crippen molar-refractivity contribution in [1.29, 1.82) is 0 Å². The zero-order valence-electron chi connectivity index (χ0n) is 12.5. The third kappa shape index (κ3) is 3.35. The van der Waals surface area contributed by atoms with E-state index in [1.54, 1.807) is 5.57 Å². The van der Waals surface area contributed by atoms with Gasteiger partial charge >= 0.3 is 0 Å². The van der Waals surface area contributed by atoms with Crippen molar-refractivity contribution in [3.8, 4) is 0 Å². The van der Waals surface area contributed by atoms with Crippen LogP contribution in [0.1, 0.15) is 32.8 Å². The molecule has 0 saturated heterocycles. The van der Waals surface area contributed by atoms with Crippen molar-refractivity contribution < 1.29 is 0 Å². The highest BCUT2D eigenvalue weighted by Gasteiger charge is 2.22. The monoisotopic (exact) mass is 259 g/mol. The summed E-state index contributed by atoms with van der Waals surface area (Å²) >= 11 is 0. The summed E-state index contributed by atoms with van der Waals surface area (Å²) in [4.78, 5) is 6.71. The predicted octanol–water partition coefficient (Wildman–Crippen LogP) is 2.98. The molecule has 0 fully saturated rings. The smallest absolute Gasteiger partial charge is 0.0601 e. The van der Waals surface area contributed by atoms with Crippen LogP contribution in [0.15, 0.2) is 30.1 Å². The second kappa shape index (κ2) is 5.74. The van der Waals surface area contributed by atoms with Crippen LogP contribution in [0.2, 0.25) is 0 Å². The summed E-state index contributed by atoms with van der Waals surface area (Å²) in [6.45, 7) is 9.87. The lowest BCUT2D eigenvalue weighted by Gasteiger charge is -2.34. The van der Waals surface area contributed by atoms with Gasteiger partial charge in [0, 0.05) is 25.8 Å². The molecule has 1 aliphatic heterocycles. The molecule has 19 heavy (non-hydrogen) atoms. The number of anilines is 1. The summed E-state index contributed by atoms with van der Waals surface area (Å²) in [5, 5.41) is 3.23. The minimum Gasteiger partial charge on any atom is -0.366 e. The molecule has 0 bridgehead atoms. The second-order valence-corrected chi connectivity index (χ2v) is 6.21. The highest BCUT2D eigenvalue weighted by Crippen LogP contribution is 2.32. The average molecular weight is 259 g/mol. The lowest BCUT2D eigenvalue weighted by molar-refractivity contribution is 0.472. The highest BCUT2D eigenvalue weighted by molar-refractivity contribution is 5.53. The molecule has 104 valence electrons. The Hall–Kier alpha value is -1.35. The maximum atomic E-state index is 4.28. The average Bonchev–Trinajstić information content (AvgIpc) is 2.39. The molecule has 0 amide bonds. The zero-order valence-corrected chi connectivity index (χ0v) is 12.5. The van der Waals surface area contributed by atoms with Gasteiger partial charge in [0.2, 0.25) is 0 Å². The van der Waals surface area contributed by atoms with Crippen molar-refractivity contribution in [3.63, 3.8) is 0 Å². The van der Waals surface area contributed by atoms with E-state index in [2.05, 4.69) is 48.1 Å². The van der Waals surface area contributed by atoms with Gasteiger partial charge < -0.3 is 10.2 Å². The van der Waals surface area contributed by atoms with Gasteiger partial charge in [0.25, 0.3) is 0 Å². The van der Waals surface area contributed by atoms with E-state index in [-0.39, 0.29) is 0 Å². The van der Waals surface area contributed by atoms with E-state index >= 15 is 0 Å². The molecule has 0 aromatic carbocycles. The van der Waals surface area contributed by atoms with E-state index in [1.807, 2.05) is 19.4 Å². The molecule has 0 atom stereocenters.